The zero-order valence-corrected chi connectivity index (χ0v) is 31.8. The number of carbonyl (C=O) groups excluding carboxylic acids is 2. The minimum Gasteiger partial charge on any atom is -0.453 e. The topological polar surface area (TPSA) is 314 Å². The van der Waals surface area contributed by atoms with Crippen LogP contribution in [-0.4, -0.2) is 101 Å². The zero-order chi connectivity index (χ0) is 41.4. The molecule has 0 saturated carbocycles. The van der Waals surface area contributed by atoms with Gasteiger partial charge in [-0.2, -0.15) is 16.8 Å². The van der Waals surface area contributed by atoms with Gasteiger partial charge in [0, 0.05) is 47.3 Å². The van der Waals surface area contributed by atoms with Crippen molar-refractivity contribution in [3.05, 3.63) is 81.5 Å². The second-order valence-electron chi connectivity index (χ2n) is 13.5. The van der Waals surface area contributed by atoms with Crippen molar-refractivity contribution in [2.24, 2.45) is 5.92 Å². The van der Waals surface area contributed by atoms with Crippen LogP contribution >= 0.6 is 0 Å². The average molecular weight is 827 g/mol. The van der Waals surface area contributed by atoms with Gasteiger partial charge in [0.05, 0.1) is 23.7 Å². The standard InChI is InChI=1S/C35H38N8O12S2/c1-2-38-34(46)25-15-20(33(45)40-16-19-9-12-41(13-10-19)17-21(44)18-42-14-11-39-35(42)43(47)48)3-4-22(25)28-23-5-7-26(36)31(56(49,50)51)29(23)55-30-24(28)6-8-27(37)32(30)57(52,53)54/h3-8,11,14-15,19,21,36,44H,2,9-10,12-13,16-18,37H2,1H3,(H,38,46)(H,40,45)(H,49,50,51)(H,52,53,54). The van der Waals surface area contributed by atoms with Crippen LogP contribution < -0.4 is 21.7 Å². The van der Waals surface area contributed by atoms with Crippen LogP contribution in [-0.2, 0) is 26.8 Å². The monoisotopic (exact) mass is 826 g/mol. The van der Waals surface area contributed by atoms with E-state index in [1.165, 1.54) is 47.3 Å². The first-order valence-corrected chi connectivity index (χ1v) is 20.3. The quantitative estimate of drug-likeness (QED) is 0.0294. The van der Waals surface area contributed by atoms with Crippen molar-refractivity contribution in [2.45, 2.75) is 42.2 Å². The fourth-order valence-corrected chi connectivity index (χ4v) is 8.54. The lowest BCUT2D eigenvalue weighted by molar-refractivity contribution is -0.397. The van der Waals surface area contributed by atoms with E-state index < -0.39 is 75.3 Å². The van der Waals surface area contributed by atoms with E-state index >= 15 is 0 Å². The molecule has 1 atom stereocenters. The highest BCUT2D eigenvalue weighted by Crippen LogP contribution is 2.45. The molecular formula is C35H38N8O12S2. The minimum atomic E-state index is -5.17. The Hall–Kier alpha value is -5.78. The number of nitro groups is 1. The summed E-state index contributed by atoms with van der Waals surface area (Å²) in [7, 11) is -10.3. The second-order valence-corrected chi connectivity index (χ2v) is 16.2. The number of nitrogens with two attached hydrogens (primary N) is 1. The number of β-amino-alcohol motifs (C(OH)–C–C–N with tert-alkyl or cyclic N) is 1. The molecule has 1 unspecified atom stereocenters. The molecule has 3 aromatic rings. The average Bonchev–Trinajstić information content (AvgIpc) is 3.60. The molecule has 8 N–H and O–H groups in total. The summed E-state index contributed by atoms with van der Waals surface area (Å²) >= 11 is 0. The Labute approximate surface area is 324 Å². The normalized spacial score (nSPS) is 14.8. The number of amides is 2. The summed E-state index contributed by atoms with van der Waals surface area (Å²) in [4.78, 5) is 41.5. The van der Waals surface area contributed by atoms with Crippen molar-refractivity contribution < 1.29 is 50.0 Å². The van der Waals surface area contributed by atoms with E-state index in [0.29, 0.717) is 25.9 Å². The van der Waals surface area contributed by atoms with Crippen LogP contribution in [0.15, 0.2) is 69.1 Å². The van der Waals surface area contributed by atoms with E-state index in [1.54, 1.807) is 6.92 Å². The lowest BCUT2D eigenvalue weighted by Gasteiger charge is -2.33. The van der Waals surface area contributed by atoms with Crippen molar-refractivity contribution in [3.8, 4) is 22.5 Å². The summed E-state index contributed by atoms with van der Waals surface area (Å²) in [6.45, 7) is 3.62. The fraction of sp³-hybridized carbons (Fsp3) is 0.314. The van der Waals surface area contributed by atoms with Crippen LogP contribution in [0.5, 0.6) is 0 Å². The fourth-order valence-electron chi connectivity index (χ4n) is 7.05. The number of fused-ring (bicyclic) bond motifs is 2. The molecule has 2 amide bonds. The van der Waals surface area contributed by atoms with Crippen molar-refractivity contribution in [3.63, 3.8) is 0 Å². The number of nitrogen functional groups attached to an aromatic ring is 1. The lowest BCUT2D eigenvalue weighted by Crippen LogP contribution is -2.42. The summed E-state index contributed by atoms with van der Waals surface area (Å²) in [6.07, 6.45) is 3.22. The number of likely N-dealkylation sites (tertiary alicyclic amines) is 1. The molecular weight excluding hydrogens is 789 g/mol. The molecule has 1 aliphatic carbocycles. The highest BCUT2D eigenvalue weighted by Gasteiger charge is 2.32. The van der Waals surface area contributed by atoms with Gasteiger partial charge < -0.3 is 40.9 Å². The van der Waals surface area contributed by atoms with E-state index in [1.807, 2.05) is 4.90 Å². The molecule has 2 aromatic carbocycles. The molecule has 3 aliphatic rings. The van der Waals surface area contributed by atoms with Gasteiger partial charge in [-0.1, -0.05) is 11.1 Å². The van der Waals surface area contributed by atoms with E-state index in [9.17, 15) is 50.8 Å². The number of aromatic nitrogens is 2. The van der Waals surface area contributed by atoms with Gasteiger partial charge in [0.25, 0.3) is 32.1 Å². The molecule has 0 radical (unpaired) electrons. The first-order chi connectivity index (χ1) is 26.9. The number of aliphatic hydroxyl groups is 1. The van der Waals surface area contributed by atoms with Crippen LogP contribution in [0.1, 0.15) is 40.5 Å². The molecule has 1 fully saturated rings. The Kier molecular flexibility index (Phi) is 11.5. The number of anilines is 1. The number of nitrogens with one attached hydrogen (secondary N) is 3. The summed E-state index contributed by atoms with van der Waals surface area (Å²) in [5.41, 5.74) is 4.85. The first-order valence-electron chi connectivity index (χ1n) is 17.5. The third-order valence-electron chi connectivity index (χ3n) is 9.64. The Morgan fingerprint density at radius 1 is 1.02 bits per heavy atom. The van der Waals surface area contributed by atoms with Gasteiger partial charge in [-0.25, -0.2) is 4.57 Å². The van der Waals surface area contributed by atoms with Crippen LogP contribution in [0, 0.1) is 21.4 Å². The van der Waals surface area contributed by atoms with Gasteiger partial charge in [0.1, 0.15) is 12.4 Å². The molecule has 3 heterocycles. The minimum absolute atomic E-state index is 0.00730. The molecule has 0 bridgehead atoms. The third-order valence-corrected chi connectivity index (χ3v) is 11.5. The van der Waals surface area contributed by atoms with E-state index in [2.05, 4.69) is 15.6 Å². The Bertz CT molecular complexity index is 2650. The molecule has 57 heavy (non-hydrogen) atoms. The number of piperidine rings is 1. The number of aliphatic hydroxyl groups excluding tert-OH is 1. The second kappa shape index (κ2) is 16.0. The van der Waals surface area contributed by atoms with Crippen LogP contribution in [0.4, 0.5) is 11.6 Å². The lowest BCUT2D eigenvalue weighted by atomic mass is 9.89. The first kappa shape index (κ1) is 40.9. The van der Waals surface area contributed by atoms with Gasteiger partial charge >= 0.3 is 5.95 Å². The molecule has 302 valence electrons. The van der Waals surface area contributed by atoms with Gasteiger partial charge in [0.15, 0.2) is 21.1 Å². The highest BCUT2D eigenvalue weighted by molar-refractivity contribution is 7.86. The molecule has 1 aromatic heterocycles. The van der Waals surface area contributed by atoms with Crippen LogP contribution in [0.3, 0.4) is 0 Å². The van der Waals surface area contributed by atoms with E-state index in [-0.39, 0.29) is 71.2 Å². The highest BCUT2D eigenvalue weighted by atomic mass is 32.2. The number of carbonyl (C=O) groups is 2. The molecule has 2 aliphatic heterocycles. The number of hydrogen-bond donors (Lipinski definition) is 7. The predicted octanol–water partition coefficient (Wildman–Crippen LogP) is 2.12. The maximum Gasteiger partial charge on any atom is 0.434 e. The van der Waals surface area contributed by atoms with Gasteiger partial charge in [-0.05, 0) is 85.7 Å². The number of nitrogens with zero attached hydrogens (tertiary/aromatic N) is 4. The van der Waals surface area contributed by atoms with Crippen molar-refractivity contribution in [2.75, 3.05) is 38.5 Å². The maximum absolute atomic E-state index is 13.6. The Balaban J connectivity index is 1.29. The number of hydrogen-bond acceptors (Lipinski definition) is 14. The summed E-state index contributed by atoms with van der Waals surface area (Å²) in [5.74, 6) is -2.10. The molecule has 6 rings (SSSR count). The van der Waals surface area contributed by atoms with Crippen molar-refractivity contribution in [1.82, 2.24) is 25.1 Å². The smallest absolute Gasteiger partial charge is 0.434 e. The van der Waals surface area contributed by atoms with Crippen molar-refractivity contribution >= 4 is 54.7 Å². The van der Waals surface area contributed by atoms with E-state index in [0.717, 1.165) is 12.1 Å². The molecule has 20 nitrogen and oxygen atoms in total. The third kappa shape index (κ3) is 8.50. The zero-order valence-electron chi connectivity index (χ0n) is 30.2. The van der Waals surface area contributed by atoms with E-state index in [4.69, 9.17) is 15.6 Å². The number of benzene rings is 3. The summed E-state index contributed by atoms with van der Waals surface area (Å²) < 4.78 is 77.5. The van der Waals surface area contributed by atoms with Crippen molar-refractivity contribution in [1.29, 1.82) is 5.41 Å². The largest absolute Gasteiger partial charge is 0.453 e. The summed E-state index contributed by atoms with van der Waals surface area (Å²) in [6, 6.07) is 8.97. The molecule has 0 spiro atoms. The number of rotatable bonds is 13. The Morgan fingerprint density at radius 3 is 2.35 bits per heavy atom. The van der Waals surface area contributed by atoms with Gasteiger partial charge in [-0.15, -0.1) is 0 Å². The predicted molar refractivity (Wildman–Crippen MR) is 203 cm³/mol. The van der Waals surface area contributed by atoms with Crippen LogP contribution in [0.25, 0.3) is 33.4 Å². The summed E-state index contributed by atoms with van der Waals surface area (Å²) in [5, 5.41) is 34.7. The number of imidazole rings is 1. The van der Waals surface area contributed by atoms with Gasteiger partial charge in [-0.3, -0.25) is 24.1 Å². The molecule has 22 heteroatoms. The molecule has 1 saturated heterocycles. The maximum atomic E-state index is 13.6. The Morgan fingerprint density at radius 2 is 1.70 bits per heavy atom. The SMILES string of the molecule is CCNC(=O)c1cc(C(=O)NCC2CCN(CC(O)Cn3ccnc3[N+](=O)[O-])CC2)ccc1-c1c2ccc(=N)c(S(=O)(=O)O)c-2oc2c(S(=O)(=O)O)c(N)ccc12. The van der Waals surface area contributed by atoms with Crippen LogP contribution in [0.2, 0.25) is 0 Å². The van der Waals surface area contributed by atoms with Gasteiger partial charge in [0.2, 0.25) is 0 Å².